The molecule has 0 bridgehead atoms. The van der Waals surface area contributed by atoms with Crippen molar-refractivity contribution in [3.05, 3.63) is 41.8 Å². The van der Waals surface area contributed by atoms with Gasteiger partial charge in [0.2, 0.25) is 5.89 Å². The summed E-state index contributed by atoms with van der Waals surface area (Å²) in [5, 5.41) is 3.86. The van der Waals surface area contributed by atoms with E-state index >= 15 is 0 Å². The molecular weight excluding hydrogens is 298 g/mol. The van der Waals surface area contributed by atoms with Crippen molar-refractivity contribution in [2.24, 2.45) is 0 Å². The van der Waals surface area contributed by atoms with Crippen molar-refractivity contribution in [1.29, 1.82) is 0 Å². The Balaban J connectivity index is 1.54. The van der Waals surface area contributed by atoms with Gasteiger partial charge < -0.3 is 9.42 Å². The van der Waals surface area contributed by atoms with Crippen molar-refractivity contribution in [3.8, 4) is 0 Å². The third-order valence-electron chi connectivity index (χ3n) is 3.71. The minimum Gasteiger partial charge on any atom is -0.340 e. The minimum atomic E-state index is -0.514. The molecule has 0 radical (unpaired) electrons. The molecular formula is C15H17N5O3. The van der Waals surface area contributed by atoms with E-state index in [1.807, 2.05) is 0 Å². The van der Waals surface area contributed by atoms with Crippen molar-refractivity contribution < 1.29 is 14.1 Å². The number of amides is 1. The molecule has 1 fully saturated rings. The van der Waals surface area contributed by atoms with Crippen LogP contribution >= 0.6 is 0 Å². The molecule has 1 aliphatic heterocycles. The highest BCUT2D eigenvalue weighted by Gasteiger charge is 2.27. The largest absolute Gasteiger partial charge is 0.340 e. The van der Waals surface area contributed by atoms with Crippen LogP contribution in [0.15, 0.2) is 29.0 Å². The second-order valence-electron chi connectivity index (χ2n) is 5.37. The van der Waals surface area contributed by atoms with Crippen LogP contribution in [0.1, 0.15) is 22.1 Å². The van der Waals surface area contributed by atoms with Gasteiger partial charge in [0.1, 0.15) is 0 Å². The zero-order valence-electron chi connectivity index (χ0n) is 12.8. The monoisotopic (exact) mass is 315 g/mol. The number of ketones is 1. The smallest absolute Gasteiger partial charge is 0.295 e. The van der Waals surface area contributed by atoms with E-state index in [0.717, 1.165) is 0 Å². The highest BCUT2D eigenvalue weighted by Crippen LogP contribution is 2.09. The number of nitrogens with zero attached hydrogens (tertiary/aromatic N) is 5. The summed E-state index contributed by atoms with van der Waals surface area (Å²) < 4.78 is 4.94. The fraction of sp³-hybridized carbons (Fsp3) is 0.400. The fourth-order valence-electron chi connectivity index (χ4n) is 2.48. The number of aromatic nitrogens is 3. The molecule has 8 nitrogen and oxygen atoms in total. The molecule has 1 saturated heterocycles. The Bertz CT molecular complexity index is 692. The number of piperazine rings is 1. The number of hydrogen-bond acceptors (Lipinski definition) is 7. The molecule has 0 N–H and O–H groups in total. The molecule has 120 valence electrons. The number of Topliss-reactive ketones (excluding diaryl/α,β-unsaturated/α-hetero) is 1. The molecule has 0 atom stereocenters. The van der Waals surface area contributed by atoms with Crippen LogP contribution in [-0.2, 0) is 11.3 Å². The molecule has 0 unspecified atom stereocenters. The maximum absolute atomic E-state index is 12.3. The number of aryl methyl sites for hydroxylation is 1. The van der Waals surface area contributed by atoms with Gasteiger partial charge in [0, 0.05) is 51.1 Å². The van der Waals surface area contributed by atoms with E-state index in [2.05, 4.69) is 20.0 Å². The minimum absolute atomic E-state index is 0.321. The molecule has 1 aliphatic rings. The van der Waals surface area contributed by atoms with E-state index < -0.39 is 11.7 Å². The molecule has 1 amide bonds. The number of carbonyl (C=O) groups is 2. The number of rotatable bonds is 4. The van der Waals surface area contributed by atoms with Gasteiger partial charge in [-0.3, -0.25) is 19.5 Å². The van der Waals surface area contributed by atoms with Crippen LogP contribution < -0.4 is 0 Å². The van der Waals surface area contributed by atoms with Crippen LogP contribution in [0.4, 0.5) is 0 Å². The number of pyridine rings is 1. The van der Waals surface area contributed by atoms with Crippen molar-refractivity contribution in [2.75, 3.05) is 26.2 Å². The van der Waals surface area contributed by atoms with Gasteiger partial charge in [-0.25, -0.2) is 0 Å². The van der Waals surface area contributed by atoms with Crippen molar-refractivity contribution >= 4 is 11.7 Å². The lowest BCUT2D eigenvalue weighted by atomic mass is 10.1. The Labute approximate surface area is 133 Å². The Kier molecular flexibility index (Phi) is 4.42. The van der Waals surface area contributed by atoms with Crippen LogP contribution in [0, 0.1) is 6.92 Å². The first kappa shape index (κ1) is 15.3. The van der Waals surface area contributed by atoms with Gasteiger partial charge in [-0.2, -0.15) is 4.98 Å². The molecule has 2 aromatic rings. The molecule has 3 heterocycles. The van der Waals surface area contributed by atoms with Crippen molar-refractivity contribution in [2.45, 2.75) is 13.5 Å². The second kappa shape index (κ2) is 6.66. The Morgan fingerprint density at radius 2 is 2.04 bits per heavy atom. The quantitative estimate of drug-likeness (QED) is 0.592. The van der Waals surface area contributed by atoms with Crippen LogP contribution in [0.25, 0.3) is 0 Å². The second-order valence-corrected chi connectivity index (χ2v) is 5.37. The summed E-state index contributed by atoms with van der Waals surface area (Å²) >= 11 is 0. The van der Waals surface area contributed by atoms with Crippen LogP contribution in [0.3, 0.4) is 0 Å². The number of hydrogen-bond donors (Lipinski definition) is 0. The third kappa shape index (κ3) is 3.59. The first-order valence-corrected chi connectivity index (χ1v) is 7.38. The summed E-state index contributed by atoms with van der Waals surface area (Å²) in [7, 11) is 0. The molecule has 0 aromatic carbocycles. The van der Waals surface area contributed by atoms with E-state index in [4.69, 9.17) is 4.52 Å². The topological polar surface area (TPSA) is 92.4 Å². The van der Waals surface area contributed by atoms with E-state index in [-0.39, 0.29) is 0 Å². The average molecular weight is 315 g/mol. The summed E-state index contributed by atoms with van der Waals surface area (Å²) in [5.41, 5.74) is 0.321. The maximum atomic E-state index is 12.3. The van der Waals surface area contributed by atoms with Crippen LogP contribution in [0.2, 0.25) is 0 Å². The first-order valence-electron chi connectivity index (χ1n) is 7.38. The van der Waals surface area contributed by atoms with Gasteiger partial charge in [-0.15, -0.1) is 0 Å². The predicted octanol–water partition coefficient (Wildman–Crippen LogP) is 0.300. The van der Waals surface area contributed by atoms with E-state index in [1.54, 1.807) is 30.2 Å². The van der Waals surface area contributed by atoms with Gasteiger partial charge in [0.15, 0.2) is 5.82 Å². The lowest BCUT2D eigenvalue weighted by Crippen LogP contribution is -2.50. The highest BCUT2D eigenvalue weighted by molar-refractivity contribution is 6.42. The Morgan fingerprint density at radius 1 is 1.26 bits per heavy atom. The molecule has 23 heavy (non-hydrogen) atoms. The molecule has 8 heteroatoms. The number of carbonyl (C=O) groups excluding carboxylic acids is 2. The van der Waals surface area contributed by atoms with E-state index in [0.29, 0.717) is 50.0 Å². The van der Waals surface area contributed by atoms with Gasteiger partial charge in [0.05, 0.1) is 6.54 Å². The lowest BCUT2D eigenvalue weighted by Gasteiger charge is -2.33. The Morgan fingerprint density at radius 3 is 2.65 bits per heavy atom. The molecule has 3 rings (SSSR count). The zero-order valence-corrected chi connectivity index (χ0v) is 12.8. The fourth-order valence-corrected chi connectivity index (χ4v) is 2.48. The van der Waals surface area contributed by atoms with Crippen molar-refractivity contribution in [1.82, 2.24) is 24.9 Å². The zero-order chi connectivity index (χ0) is 16.2. The summed E-state index contributed by atoms with van der Waals surface area (Å²) in [6.07, 6.45) is 2.98. The summed E-state index contributed by atoms with van der Waals surface area (Å²) in [6, 6.07) is 3.24. The SMILES string of the molecule is Cc1nc(CN2CCN(C(=O)C(=O)c3cccnc3)CC2)no1. The molecule has 0 saturated carbocycles. The molecule has 2 aromatic heterocycles. The first-order chi connectivity index (χ1) is 11.1. The average Bonchev–Trinajstić information content (AvgIpc) is 3.00. The molecule has 0 spiro atoms. The highest BCUT2D eigenvalue weighted by atomic mass is 16.5. The van der Waals surface area contributed by atoms with E-state index in [1.165, 1.54) is 6.20 Å². The van der Waals surface area contributed by atoms with Gasteiger partial charge in [-0.1, -0.05) is 5.16 Å². The van der Waals surface area contributed by atoms with E-state index in [9.17, 15) is 9.59 Å². The predicted molar refractivity (Wildman–Crippen MR) is 79.5 cm³/mol. The lowest BCUT2D eigenvalue weighted by molar-refractivity contribution is -0.128. The third-order valence-corrected chi connectivity index (χ3v) is 3.71. The van der Waals surface area contributed by atoms with Crippen LogP contribution in [-0.4, -0.2) is 62.8 Å². The molecule has 0 aliphatic carbocycles. The summed E-state index contributed by atoms with van der Waals surface area (Å²) in [6.45, 7) is 4.66. The van der Waals surface area contributed by atoms with Gasteiger partial charge >= 0.3 is 0 Å². The maximum Gasteiger partial charge on any atom is 0.295 e. The summed E-state index contributed by atoms with van der Waals surface area (Å²) in [5.74, 6) is 0.179. The standard InChI is InChI=1S/C15H17N5O3/c1-11-17-13(18-23-11)10-19-5-7-20(8-6-19)15(22)14(21)12-3-2-4-16-9-12/h2-4,9H,5-8,10H2,1H3. The normalized spacial score (nSPS) is 15.6. The van der Waals surface area contributed by atoms with Crippen LogP contribution in [0.5, 0.6) is 0 Å². The van der Waals surface area contributed by atoms with Gasteiger partial charge in [-0.05, 0) is 12.1 Å². The Hall–Kier alpha value is -2.61. The van der Waals surface area contributed by atoms with Gasteiger partial charge in [0.25, 0.3) is 11.7 Å². The summed E-state index contributed by atoms with van der Waals surface area (Å²) in [4.78, 5) is 36.1. The van der Waals surface area contributed by atoms with Crippen molar-refractivity contribution in [3.63, 3.8) is 0 Å².